The van der Waals surface area contributed by atoms with Gasteiger partial charge in [-0.15, -0.1) is 0 Å². The van der Waals surface area contributed by atoms with Gasteiger partial charge < -0.3 is 14.6 Å². The summed E-state index contributed by atoms with van der Waals surface area (Å²) in [6, 6.07) is 15.3. The second-order valence-corrected chi connectivity index (χ2v) is 9.17. The molecule has 178 valence electrons. The molecule has 3 heterocycles. The number of ether oxygens (including phenoxy) is 1. The molecular formula is C28H25F2N3O2. The normalized spacial score (nSPS) is 18.9. The van der Waals surface area contributed by atoms with E-state index < -0.39 is 5.82 Å². The Morgan fingerprint density at radius 2 is 2.00 bits per heavy atom. The third-order valence-corrected chi connectivity index (χ3v) is 7.13. The smallest absolute Gasteiger partial charge is 0.326 e. The molecule has 0 unspecified atom stereocenters. The molecule has 0 saturated carbocycles. The molecule has 35 heavy (non-hydrogen) atoms. The number of halogens is 2. The number of likely N-dealkylation sites (N-methyl/N-ethyl adjacent to an activating group) is 1. The molecular weight excluding hydrogens is 448 g/mol. The minimum Gasteiger partial charge on any atom is -0.488 e. The van der Waals surface area contributed by atoms with Crippen molar-refractivity contribution in [2.45, 2.75) is 26.0 Å². The third-order valence-electron chi connectivity index (χ3n) is 7.13. The summed E-state index contributed by atoms with van der Waals surface area (Å²) in [5.41, 5.74) is 4.92. The van der Waals surface area contributed by atoms with Gasteiger partial charge in [-0.25, -0.2) is 13.6 Å². The highest BCUT2D eigenvalue weighted by Gasteiger charge is 2.26. The Bertz CT molecular complexity index is 1540. The Hall–Kier alpha value is -3.71. The number of aromatic nitrogens is 2. The first-order chi connectivity index (χ1) is 17.0. The lowest BCUT2D eigenvalue weighted by molar-refractivity contribution is 0.299. The predicted octanol–water partition coefficient (Wildman–Crippen LogP) is 5.36. The summed E-state index contributed by atoms with van der Waals surface area (Å²) in [5, 5.41) is 0. The summed E-state index contributed by atoms with van der Waals surface area (Å²) in [6.07, 6.45) is 2.88. The minimum absolute atomic E-state index is 0.0151. The lowest BCUT2D eigenvalue weighted by Gasteiger charge is -2.14. The first-order valence-electron chi connectivity index (χ1n) is 11.9. The maximum atomic E-state index is 14.7. The lowest BCUT2D eigenvalue weighted by Crippen LogP contribution is -2.26. The van der Waals surface area contributed by atoms with Crippen LogP contribution in [0.1, 0.15) is 41.6 Å². The van der Waals surface area contributed by atoms with Gasteiger partial charge in [0.05, 0.1) is 17.1 Å². The Kier molecular flexibility index (Phi) is 5.29. The second kappa shape index (κ2) is 8.50. The van der Waals surface area contributed by atoms with Crippen LogP contribution in [0, 0.1) is 11.6 Å². The zero-order valence-electron chi connectivity index (χ0n) is 19.4. The molecule has 1 N–H and O–H groups in total. The number of fused-ring (bicyclic) bond motifs is 3. The van der Waals surface area contributed by atoms with Crippen molar-refractivity contribution >= 4 is 22.7 Å². The molecule has 1 saturated heterocycles. The molecule has 0 aliphatic carbocycles. The first-order valence-corrected chi connectivity index (χ1v) is 11.9. The summed E-state index contributed by atoms with van der Waals surface area (Å²) in [6.45, 7) is 4.98. The van der Waals surface area contributed by atoms with Gasteiger partial charge in [-0.05, 0) is 66.1 Å². The van der Waals surface area contributed by atoms with E-state index in [4.69, 9.17) is 4.74 Å². The molecule has 1 atom stereocenters. The Labute approximate surface area is 201 Å². The third kappa shape index (κ3) is 3.76. The van der Waals surface area contributed by atoms with E-state index >= 15 is 0 Å². The van der Waals surface area contributed by atoms with E-state index in [2.05, 4.69) is 16.8 Å². The summed E-state index contributed by atoms with van der Waals surface area (Å²) >= 11 is 0. The van der Waals surface area contributed by atoms with Crippen molar-refractivity contribution in [3.05, 3.63) is 99.0 Å². The van der Waals surface area contributed by atoms with Gasteiger partial charge in [0.25, 0.3) is 0 Å². The van der Waals surface area contributed by atoms with Gasteiger partial charge >= 0.3 is 5.69 Å². The number of benzene rings is 3. The first kappa shape index (κ1) is 21.8. The van der Waals surface area contributed by atoms with Crippen molar-refractivity contribution in [2.75, 3.05) is 19.6 Å². The van der Waals surface area contributed by atoms with E-state index in [9.17, 15) is 13.6 Å². The molecule has 1 aromatic heterocycles. The number of hydrogen-bond acceptors (Lipinski definition) is 3. The number of aromatic amines is 1. The van der Waals surface area contributed by atoms with Crippen LogP contribution < -0.4 is 10.4 Å². The van der Waals surface area contributed by atoms with Crippen LogP contribution in [0.4, 0.5) is 8.78 Å². The molecule has 5 nitrogen and oxygen atoms in total. The monoisotopic (exact) mass is 473 g/mol. The molecule has 0 bridgehead atoms. The predicted molar refractivity (Wildman–Crippen MR) is 132 cm³/mol. The summed E-state index contributed by atoms with van der Waals surface area (Å²) in [7, 11) is 0. The van der Waals surface area contributed by atoms with Crippen molar-refractivity contribution in [1.82, 2.24) is 14.5 Å². The number of rotatable bonds is 3. The van der Waals surface area contributed by atoms with Crippen molar-refractivity contribution in [3.8, 4) is 5.75 Å². The van der Waals surface area contributed by atoms with Crippen molar-refractivity contribution in [3.63, 3.8) is 0 Å². The van der Waals surface area contributed by atoms with Crippen LogP contribution in [-0.4, -0.2) is 34.1 Å². The van der Waals surface area contributed by atoms with Gasteiger partial charge in [0.15, 0.2) is 0 Å². The molecule has 2 aliphatic rings. The highest BCUT2D eigenvalue weighted by Crippen LogP contribution is 2.39. The van der Waals surface area contributed by atoms with E-state index in [1.807, 2.05) is 34.9 Å². The van der Waals surface area contributed by atoms with Crippen LogP contribution in [-0.2, 0) is 6.61 Å². The fraction of sp³-hybridized carbons (Fsp3) is 0.250. The topological polar surface area (TPSA) is 50.3 Å². The van der Waals surface area contributed by atoms with E-state index in [1.54, 1.807) is 12.1 Å². The van der Waals surface area contributed by atoms with E-state index in [0.29, 0.717) is 22.4 Å². The molecule has 7 heteroatoms. The van der Waals surface area contributed by atoms with Gasteiger partial charge in [-0.1, -0.05) is 25.1 Å². The minimum atomic E-state index is -0.414. The lowest BCUT2D eigenvalue weighted by atomic mass is 9.92. The summed E-state index contributed by atoms with van der Waals surface area (Å²) in [4.78, 5) is 18.2. The standard InChI is InChI=1S/C28H25F2N3O2/c1-2-32-11-10-19(15-32)33-26-9-6-17(13-25(26)31-28(33)34)12-22-20-4-3-5-24(30)23(20)16-35-27-14-18(29)7-8-21(22)27/h3-9,12-14,19H,2,10-11,15-16H2,1H3,(H,31,34)/b22-12+/t19-/m1/s1. The molecule has 3 aromatic carbocycles. The van der Waals surface area contributed by atoms with Crippen LogP contribution in [0.3, 0.4) is 0 Å². The average molecular weight is 474 g/mol. The largest absolute Gasteiger partial charge is 0.488 e. The molecule has 1 fully saturated rings. The fourth-order valence-corrected chi connectivity index (χ4v) is 5.32. The van der Waals surface area contributed by atoms with Crippen LogP contribution in [0.2, 0.25) is 0 Å². The van der Waals surface area contributed by atoms with Crippen molar-refractivity contribution < 1.29 is 13.5 Å². The number of hydrogen-bond donors (Lipinski definition) is 1. The van der Waals surface area contributed by atoms with Crippen molar-refractivity contribution in [1.29, 1.82) is 0 Å². The zero-order valence-corrected chi connectivity index (χ0v) is 19.4. The van der Waals surface area contributed by atoms with E-state index in [0.717, 1.165) is 48.2 Å². The Morgan fingerprint density at radius 3 is 2.83 bits per heavy atom. The van der Waals surface area contributed by atoms with Gasteiger partial charge in [0.1, 0.15) is 24.0 Å². The fourth-order valence-electron chi connectivity index (χ4n) is 5.32. The van der Waals surface area contributed by atoms with Gasteiger partial charge in [-0.3, -0.25) is 4.57 Å². The molecule has 6 rings (SSSR count). The molecule has 0 spiro atoms. The highest BCUT2D eigenvalue weighted by molar-refractivity contribution is 5.95. The van der Waals surface area contributed by atoms with E-state index in [-0.39, 0.29) is 24.2 Å². The van der Waals surface area contributed by atoms with E-state index in [1.165, 1.54) is 18.2 Å². The van der Waals surface area contributed by atoms with Gasteiger partial charge in [0, 0.05) is 30.3 Å². The maximum absolute atomic E-state index is 14.7. The number of nitrogens with zero attached hydrogens (tertiary/aromatic N) is 2. The zero-order chi connectivity index (χ0) is 24.1. The number of imidazole rings is 1. The van der Waals surface area contributed by atoms with Gasteiger partial charge in [0.2, 0.25) is 0 Å². The number of likely N-dealkylation sites (tertiary alicyclic amines) is 1. The Morgan fingerprint density at radius 1 is 1.11 bits per heavy atom. The summed E-state index contributed by atoms with van der Waals surface area (Å²) in [5.74, 6) is -0.408. The molecule has 0 amide bonds. The number of nitrogens with one attached hydrogen (secondary N) is 1. The summed E-state index contributed by atoms with van der Waals surface area (Å²) < 4.78 is 36.3. The quantitative estimate of drug-likeness (QED) is 0.436. The van der Waals surface area contributed by atoms with Crippen LogP contribution in [0.15, 0.2) is 59.4 Å². The Balaban J connectivity index is 1.48. The second-order valence-electron chi connectivity index (χ2n) is 9.17. The number of H-pyrrole nitrogens is 1. The average Bonchev–Trinajstić information content (AvgIpc) is 3.40. The van der Waals surface area contributed by atoms with Gasteiger partial charge in [-0.2, -0.15) is 0 Å². The van der Waals surface area contributed by atoms with Crippen LogP contribution in [0.25, 0.3) is 22.7 Å². The van der Waals surface area contributed by atoms with Crippen LogP contribution in [0.5, 0.6) is 5.75 Å². The molecule has 4 aromatic rings. The SMILES string of the molecule is CCN1CC[C@@H](n2c(=O)[nH]c3cc(/C=C4/c5ccc(F)cc5OCc5c(F)cccc54)ccc32)C1. The molecule has 2 aliphatic heterocycles. The molecule has 0 radical (unpaired) electrons. The maximum Gasteiger partial charge on any atom is 0.326 e. The van der Waals surface area contributed by atoms with Crippen LogP contribution >= 0.6 is 0 Å². The van der Waals surface area contributed by atoms with Crippen molar-refractivity contribution in [2.24, 2.45) is 0 Å². The highest BCUT2D eigenvalue weighted by atomic mass is 19.1.